The van der Waals surface area contributed by atoms with E-state index in [2.05, 4.69) is 47.0 Å². The number of nitrogens with zero attached hydrogens (tertiary/aromatic N) is 1. The highest BCUT2D eigenvalue weighted by molar-refractivity contribution is 5.83. The molecule has 1 aliphatic carbocycles. The van der Waals surface area contributed by atoms with Crippen LogP contribution in [0.25, 0.3) is 0 Å². The molecule has 2 fully saturated rings. The third kappa shape index (κ3) is 3.34. The minimum atomic E-state index is -0.808. The summed E-state index contributed by atoms with van der Waals surface area (Å²) in [7, 11) is 0. The molecule has 3 nitrogen and oxygen atoms in total. The second kappa shape index (κ2) is 7.34. The molecule has 0 aromatic heterocycles. The van der Waals surface area contributed by atoms with Crippen LogP contribution in [0.1, 0.15) is 49.1 Å². The van der Waals surface area contributed by atoms with Gasteiger partial charge in [-0.15, -0.1) is 0 Å². The average molecular weight is 349 g/mol. The van der Waals surface area contributed by atoms with E-state index in [-0.39, 0.29) is 0 Å². The molecule has 1 aliphatic heterocycles. The standard InChI is InChI=1S/C23H29N2O/c24-17-21-12-7-13-25(21)22-14-19(18-8-3-1-4-9-18)15-23(26,16-22)20-10-5-2-6-11-20/h1-6,8-11,19,21,26H,7,12-17,24H2/q+1/t19-,21-,23?/m0/s1. The zero-order valence-corrected chi connectivity index (χ0v) is 15.3. The van der Waals surface area contributed by atoms with Crippen LogP contribution in [0.2, 0.25) is 0 Å². The fraction of sp³-hybridized carbons (Fsp3) is 0.435. The smallest absolute Gasteiger partial charge is 0.165 e. The molecule has 4 rings (SSSR count). The first-order valence-corrected chi connectivity index (χ1v) is 9.84. The molecule has 0 radical (unpaired) electrons. The van der Waals surface area contributed by atoms with Crippen molar-refractivity contribution in [3.63, 3.8) is 0 Å². The third-order valence-corrected chi connectivity index (χ3v) is 6.20. The van der Waals surface area contributed by atoms with Gasteiger partial charge in [0, 0.05) is 19.3 Å². The fourth-order valence-corrected chi connectivity index (χ4v) is 4.89. The normalized spacial score (nSPS) is 31.9. The molecule has 1 saturated heterocycles. The average Bonchev–Trinajstić information content (AvgIpc) is 3.18. The predicted octanol–water partition coefficient (Wildman–Crippen LogP) is 3.42. The van der Waals surface area contributed by atoms with Gasteiger partial charge in [0.1, 0.15) is 6.54 Å². The highest BCUT2D eigenvalue weighted by Gasteiger charge is 2.44. The van der Waals surface area contributed by atoms with Gasteiger partial charge in [-0.1, -0.05) is 60.7 Å². The van der Waals surface area contributed by atoms with Gasteiger partial charge in [0.05, 0.1) is 18.6 Å². The minimum Gasteiger partial charge on any atom is -0.385 e. The van der Waals surface area contributed by atoms with E-state index in [0.29, 0.717) is 18.5 Å². The summed E-state index contributed by atoms with van der Waals surface area (Å²) in [4.78, 5) is 0. The van der Waals surface area contributed by atoms with Crippen molar-refractivity contribution in [2.75, 3.05) is 13.1 Å². The van der Waals surface area contributed by atoms with Crippen molar-refractivity contribution in [2.24, 2.45) is 5.73 Å². The zero-order chi connectivity index (χ0) is 18.0. The Labute approximate surface area is 156 Å². The minimum absolute atomic E-state index is 0.337. The van der Waals surface area contributed by atoms with Gasteiger partial charge in [-0.3, -0.25) is 0 Å². The Balaban J connectivity index is 1.75. The molecular weight excluding hydrogens is 320 g/mol. The Morgan fingerprint density at radius 2 is 1.73 bits per heavy atom. The summed E-state index contributed by atoms with van der Waals surface area (Å²) >= 11 is 0. The topological polar surface area (TPSA) is 49.3 Å². The Bertz CT molecular complexity index is 771. The quantitative estimate of drug-likeness (QED) is 0.834. The van der Waals surface area contributed by atoms with Gasteiger partial charge < -0.3 is 10.8 Å². The van der Waals surface area contributed by atoms with Crippen molar-refractivity contribution < 1.29 is 9.68 Å². The highest BCUT2D eigenvalue weighted by atomic mass is 16.3. The number of hydrogen-bond donors (Lipinski definition) is 2. The van der Waals surface area contributed by atoms with E-state index in [4.69, 9.17) is 5.73 Å². The number of nitrogens with two attached hydrogens (primary N) is 1. The maximum absolute atomic E-state index is 11.7. The maximum Gasteiger partial charge on any atom is 0.165 e. The first-order valence-electron chi connectivity index (χ1n) is 9.84. The van der Waals surface area contributed by atoms with E-state index in [0.717, 1.165) is 31.4 Å². The van der Waals surface area contributed by atoms with Gasteiger partial charge in [-0.05, 0) is 23.5 Å². The summed E-state index contributed by atoms with van der Waals surface area (Å²) in [5.41, 5.74) is 8.96. The van der Waals surface area contributed by atoms with E-state index in [1.807, 2.05) is 18.2 Å². The fourth-order valence-electron chi connectivity index (χ4n) is 4.89. The van der Waals surface area contributed by atoms with Crippen molar-refractivity contribution in [3.05, 3.63) is 71.8 Å². The van der Waals surface area contributed by atoms with Crippen molar-refractivity contribution in [1.82, 2.24) is 0 Å². The molecule has 2 aromatic rings. The summed E-state index contributed by atoms with van der Waals surface area (Å²) in [5, 5.41) is 11.7. The van der Waals surface area contributed by atoms with Crippen LogP contribution in [0.15, 0.2) is 60.7 Å². The van der Waals surface area contributed by atoms with Crippen molar-refractivity contribution in [3.8, 4) is 0 Å². The Morgan fingerprint density at radius 3 is 2.42 bits per heavy atom. The Kier molecular flexibility index (Phi) is 4.92. The van der Waals surface area contributed by atoms with Crippen LogP contribution in [0.5, 0.6) is 0 Å². The van der Waals surface area contributed by atoms with E-state index in [1.54, 1.807) is 0 Å². The second-order valence-electron chi connectivity index (χ2n) is 7.88. The molecule has 1 heterocycles. The SMILES string of the molecule is NC[C@@H]1CCC[N+]1=C1C[C@H](c2ccccc2)CC(O)(c2ccccc2)C1. The molecule has 3 N–H and O–H groups in total. The van der Waals surface area contributed by atoms with Gasteiger partial charge in [0.25, 0.3) is 0 Å². The van der Waals surface area contributed by atoms with Crippen molar-refractivity contribution in [2.45, 2.75) is 49.7 Å². The lowest BCUT2D eigenvalue weighted by Gasteiger charge is -2.37. The van der Waals surface area contributed by atoms with E-state index >= 15 is 0 Å². The summed E-state index contributed by atoms with van der Waals surface area (Å²) < 4.78 is 2.50. The number of benzene rings is 2. The molecule has 26 heavy (non-hydrogen) atoms. The first kappa shape index (κ1) is 17.4. The molecule has 2 aromatic carbocycles. The molecule has 1 unspecified atom stereocenters. The molecular formula is C23H29N2O+. The number of aliphatic hydroxyl groups is 1. The summed E-state index contributed by atoms with van der Waals surface area (Å²) in [6.07, 6.45) is 4.88. The van der Waals surface area contributed by atoms with Gasteiger partial charge >= 0.3 is 0 Å². The van der Waals surface area contributed by atoms with Gasteiger partial charge in [0.2, 0.25) is 0 Å². The summed E-state index contributed by atoms with van der Waals surface area (Å²) in [6, 6.07) is 21.3. The van der Waals surface area contributed by atoms with Gasteiger partial charge in [0.15, 0.2) is 11.8 Å². The van der Waals surface area contributed by atoms with Crippen LogP contribution in [-0.2, 0) is 5.60 Å². The lowest BCUT2D eigenvalue weighted by atomic mass is 9.71. The van der Waals surface area contributed by atoms with Crippen LogP contribution in [-0.4, -0.2) is 34.5 Å². The highest BCUT2D eigenvalue weighted by Crippen LogP contribution is 2.43. The van der Waals surface area contributed by atoms with Crippen LogP contribution < -0.4 is 5.73 Å². The van der Waals surface area contributed by atoms with Gasteiger partial charge in [-0.25, -0.2) is 4.58 Å². The Hall–Kier alpha value is -1.97. The van der Waals surface area contributed by atoms with E-state index in [1.165, 1.54) is 24.1 Å². The molecule has 3 heteroatoms. The molecule has 0 amide bonds. The van der Waals surface area contributed by atoms with Gasteiger partial charge in [-0.2, -0.15) is 0 Å². The summed E-state index contributed by atoms with van der Waals surface area (Å²) in [6.45, 7) is 1.77. The molecule has 0 spiro atoms. The monoisotopic (exact) mass is 349 g/mol. The number of hydrogen-bond acceptors (Lipinski definition) is 2. The number of rotatable bonds is 3. The van der Waals surface area contributed by atoms with Crippen LogP contribution in [0.3, 0.4) is 0 Å². The molecule has 3 atom stereocenters. The molecule has 1 saturated carbocycles. The lowest BCUT2D eigenvalue weighted by Crippen LogP contribution is -2.42. The summed E-state index contributed by atoms with van der Waals surface area (Å²) in [5.74, 6) is 0.337. The van der Waals surface area contributed by atoms with Crippen LogP contribution in [0.4, 0.5) is 0 Å². The molecule has 0 bridgehead atoms. The largest absolute Gasteiger partial charge is 0.385 e. The maximum atomic E-state index is 11.7. The third-order valence-electron chi connectivity index (χ3n) is 6.20. The van der Waals surface area contributed by atoms with E-state index < -0.39 is 5.60 Å². The lowest BCUT2D eigenvalue weighted by molar-refractivity contribution is -0.544. The Morgan fingerprint density at radius 1 is 1.04 bits per heavy atom. The van der Waals surface area contributed by atoms with E-state index in [9.17, 15) is 5.11 Å². The van der Waals surface area contributed by atoms with Crippen molar-refractivity contribution in [1.29, 1.82) is 0 Å². The zero-order valence-electron chi connectivity index (χ0n) is 15.3. The first-order chi connectivity index (χ1) is 12.7. The predicted molar refractivity (Wildman–Crippen MR) is 106 cm³/mol. The molecule has 136 valence electrons. The van der Waals surface area contributed by atoms with Crippen molar-refractivity contribution >= 4 is 5.71 Å². The molecule has 2 aliphatic rings. The van der Waals surface area contributed by atoms with Crippen LogP contribution in [0, 0.1) is 0 Å². The van der Waals surface area contributed by atoms with Crippen LogP contribution >= 0.6 is 0 Å². The second-order valence-corrected chi connectivity index (χ2v) is 7.88.